The van der Waals surface area contributed by atoms with E-state index in [9.17, 15) is 4.79 Å². The SMILES string of the molecule is CCC1SC(=O)N(CCCN2CCCCC2)N=C1c1ccc(OC)c(OC)c1. The third-order valence-corrected chi connectivity index (χ3v) is 6.58. The lowest BCUT2D eigenvalue weighted by Crippen LogP contribution is -2.37. The van der Waals surface area contributed by atoms with Crippen LogP contribution in [0.2, 0.25) is 0 Å². The van der Waals surface area contributed by atoms with Gasteiger partial charge in [-0.3, -0.25) is 4.79 Å². The Morgan fingerprint density at radius 1 is 1.11 bits per heavy atom. The van der Waals surface area contributed by atoms with Crippen molar-refractivity contribution in [3.05, 3.63) is 23.8 Å². The molecule has 0 saturated carbocycles. The molecule has 1 aromatic carbocycles. The van der Waals surface area contributed by atoms with E-state index in [2.05, 4.69) is 11.8 Å². The quantitative estimate of drug-likeness (QED) is 0.648. The lowest BCUT2D eigenvalue weighted by atomic mass is 10.0. The summed E-state index contributed by atoms with van der Waals surface area (Å²) in [5.41, 5.74) is 1.91. The maximum absolute atomic E-state index is 12.6. The molecule has 28 heavy (non-hydrogen) atoms. The normalized spacial score (nSPS) is 20.8. The number of hydrogen-bond acceptors (Lipinski definition) is 6. The van der Waals surface area contributed by atoms with Gasteiger partial charge in [-0.1, -0.05) is 25.1 Å². The molecule has 1 unspecified atom stereocenters. The number of likely N-dealkylation sites (tertiary alicyclic amines) is 1. The highest BCUT2D eigenvalue weighted by Crippen LogP contribution is 2.33. The standard InChI is InChI=1S/C21H31N3O3S/c1-4-19-20(16-9-10-17(26-2)18(15-16)27-3)22-24(21(25)28-19)14-8-13-23-11-6-5-7-12-23/h9-10,15,19H,4-8,11-14H2,1-3H3. The number of rotatable bonds is 8. The van der Waals surface area contributed by atoms with Gasteiger partial charge < -0.3 is 14.4 Å². The second-order valence-electron chi connectivity index (χ2n) is 7.21. The summed E-state index contributed by atoms with van der Waals surface area (Å²) in [5, 5.41) is 6.52. The molecular formula is C21H31N3O3S. The molecule has 2 aliphatic heterocycles. The molecule has 0 aromatic heterocycles. The summed E-state index contributed by atoms with van der Waals surface area (Å²) >= 11 is 1.38. The zero-order valence-electron chi connectivity index (χ0n) is 17.1. The van der Waals surface area contributed by atoms with Gasteiger partial charge in [0.2, 0.25) is 0 Å². The maximum atomic E-state index is 12.6. The summed E-state index contributed by atoms with van der Waals surface area (Å²) in [6.07, 6.45) is 5.72. The molecule has 2 heterocycles. The number of thioether (sulfide) groups is 1. The molecule has 0 bridgehead atoms. The molecule has 0 radical (unpaired) electrons. The lowest BCUT2D eigenvalue weighted by molar-refractivity contribution is 0.203. The molecule has 1 atom stereocenters. The predicted octanol–water partition coefficient (Wildman–Crippen LogP) is 4.23. The van der Waals surface area contributed by atoms with Crippen LogP contribution in [0.3, 0.4) is 0 Å². The molecule has 1 aromatic rings. The molecule has 154 valence electrons. The fraction of sp³-hybridized carbons (Fsp3) is 0.619. The van der Waals surface area contributed by atoms with Crippen LogP contribution < -0.4 is 9.47 Å². The van der Waals surface area contributed by atoms with Gasteiger partial charge in [-0.05, 0) is 63.5 Å². The highest BCUT2D eigenvalue weighted by atomic mass is 32.2. The van der Waals surface area contributed by atoms with Crippen molar-refractivity contribution in [1.29, 1.82) is 0 Å². The number of nitrogens with zero attached hydrogens (tertiary/aromatic N) is 3. The van der Waals surface area contributed by atoms with Crippen LogP contribution in [0.1, 0.15) is 44.6 Å². The van der Waals surface area contributed by atoms with E-state index in [1.54, 1.807) is 19.2 Å². The Hall–Kier alpha value is -1.73. The second-order valence-corrected chi connectivity index (χ2v) is 8.37. The third-order valence-electron chi connectivity index (χ3n) is 5.33. The molecule has 0 spiro atoms. The highest BCUT2D eigenvalue weighted by molar-refractivity contribution is 8.14. The van der Waals surface area contributed by atoms with Crippen molar-refractivity contribution in [3.63, 3.8) is 0 Å². The Morgan fingerprint density at radius 3 is 2.54 bits per heavy atom. The van der Waals surface area contributed by atoms with Gasteiger partial charge in [0.05, 0.1) is 25.2 Å². The van der Waals surface area contributed by atoms with Crippen LogP contribution in [0.5, 0.6) is 11.5 Å². The molecule has 3 rings (SSSR count). The van der Waals surface area contributed by atoms with Gasteiger partial charge in [0.25, 0.3) is 0 Å². The molecule has 1 saturated heterocycles. The summed E-state index contributed by atoms with van der Waals surface area (Å²) in [5.74, 6) is 1.37. The van der Waals surface area contributed by atoms with Gasteiger partial charge in [0.1, 0.15) is 0 Å². The molecule has 1 fully saturated rings. The average molecular weight is 406 g/mol. The smallest absolute Gasteiger partial charge is 0.302 e. The molecule has 0 N–H and O–H groups in total. The van der Waals surface area contributed by atoms with Crippen molar-refractivity contribution in [2.45, 2.75) is 44.3 Å². The van der Waals surface area contributed by atoms with Crippen molar-refractivity contribution in [2.75, 3.05) is 40.4 Å². The topological polar surface area (TPSA) is 54.4 Å². The summed E-state index contributed by atoms with van der Waals surface area (Å²) in [4.78, 5) is 15.1. The number of piperidine rings is 1. The molecule has 2 aliphatic rings. The predicted molar refractivity (Wildman–Crippen MR) is 115 cm³/mol. The third kappa shape index (κ3) is 5.00. The first-order valence-electron chi connectivity index (χ1n) is 10.2. The summed E-state index contributed by atoms with van der Waals surface area (Å²) in [6.45, 7) is 6.15. The van der Waals surface area contributed by atoms with E-state index < -0.39 is 0 Å². The first-order chi connectivity index (χ1) is 13.7. The van der Waals surface area contributed by atoms with Crippen molar-refractivity contribution in [3.8, 4) is 11.5 Å². The van der Waals surface area contributed by atoms with Crippen LogP contribution in [0, 0.1) is 0 Å². The minimum atomic E-state index is 0.0507. The largest absolute Gasteiger partial charge is 0.493 e. The minimum Gasteiger partial charge on any atom is -0.493 e. The first kappa shape index (κ1) is 21.0. The first-order valence-corrected chi connectivity index (χ1v) is 11.1. The number of carbonyl (C=O) groups excluding carboxylic acids is 1. The van der Waals surface area contributed by atoms with Crippen LogP contribution in [0.15, 0.2) is 23.3 Å². The molecule has 1 amide bonds. The number of carbonyl (C=O) groups is 1. The van der Waals surface area contributed by atoms with E-state index in [1.807, 2.05) is 18.2 Å². The Labute approximate surface area is 172 Å². The molecule has 0 aliphatic carbocycles. The van der Waals surface area contributed by atoms with Crippen molar-refractivity contribution < 1.29 is 14.3 Å². The lowest BCUT2D eigenvalue weighted by Gasteiger charge is -2.30. The van der Waals surface area contributed by atoms with Gasteiger partial charge in [-0.15, -0.1) is 0 Å². The zero-order chi connectivity index (χ0) is 19.9. The molecule has 7 heteroatoms. The number of hydrazone groups is 1. The van der Waals surface area contributed by atoms with Crippen molar-refractivity contribution in [2.24, 2.45) is 5.10 Å². The number of amides is 1. The fourth-order valence-electron chi connectivity index (χ4n) is 3.76. The Kier molecular flexibility index (Phi) is 7.62. The number of hydrogen-bond donors (Lipinski definition) is 0. The van der Waals surface area contributed by atoms with Crippen molar-refractivity contribution >= 4 is 22.7 Å². The van der Waals surface area contributed by atoms with Crippen LogP contribution in [0.25, 0.3) is 0 Å². The average Bonchev–Trinajstić information content (AvgIpc) is 2.74. The minimum absolute atomic E-state index is 0.0507. The van der Waals surface area contributed by atoms with Gasteiger partial charge >= 0.3 is 5.24 Å². The van der Waals surface area contributed by atoms with Gasteiger partial charge in [-0.25, -0.2) is 5.01 Å². The number of methoxy groups -OCH3 is 2. The van der Waals surface area contributed by atoms with E-state index in [1.165, 1.54) is 44.1 Å². The van der Waals surface area contributed by atoms with E-state index in [4.69, 9.17) is 14.6 Å². The summed E-state index contributed by atoms with van der Waals surface area (Å²) in [7, 11) is 3.26. The van der Waals surface area contributed by atoms with E-state index in [-0.39, 0.29) is 10.5 Å². The number of ether oxygens (including phenoxy) is 2. The van der Waals surface area contributed by atoms with Gasteiger partial charge in [0, 0.05) is 12.1 Å². The molecular weight excluding hydrogens is 374 g/mol. The van der Waals surface area contributed by atoms with Crippen LogP contribution in [-0.4, -0.2) is 66.5 Å². The van der Waals surface area contributed by atoms with Gasteiger partial charge in [0.15, 0.2) is 11.5 Å². The van der Waals surface area contributed by atoms with Crippen molar-refractivity contribution in [1.82, 2.24) is 9.91 Å². The van der Waals surface area contributed by atoms with E-state index >= 15 is 0 Å². The maximum Gasteiger partial charge on any atom is 0.302 e. The fourth-order valence-corrected chi connectivity index (χ4v) is 4.72. The Balaban J connectivity index is 1.73. The van der Waals surface area contributed by atoms with E-state index in [0.717, 1.165) is 30.7 Å². The zero-order valence-corrected chi connectivity index (χ0v) is 18.0. The second kappa shape index (κ2) is 10.2. The highest BCUT2D eigenvalue weighted by Gasteiger charge is 2.30. The number of benzene rings is 1. The van der Waals surface area contributed by atoms with Crippen LogP contribution in [0.4, 0.5) is 4.79 Å². The van der Waals surface area contributed by atoms with E-state index in [0.29, 0.717) is 18.0 Å². The van der Waals surface area contributed by atoms with Crippen LogP contribution in [-0.2, 0) is 0 Å². The summed E-state index contributed by atoms with van der Waals surface area (Å²) < 4.78 is 10.8. The summed E-state index contributed by atoms with van der Waals surface area (Å²) in [6, 6.07) is 5.83. The Bertz CT molecular complexity index is 704. The van der Waals surface area contributed by atoms with Gasteiger partial charge in [-0.2, -0.15) is 5.10 Å². The van der Waals surface area contributed by atoms with Crippen LogP contribution >= 0.6 is 11.8 Å². The monoisotopic (exact) mass is 405 g/mol. The molecule has 6 nitrogen and oxygen atoms in total. The Morgan fingerprint density at radius 2 is 1.86 bits per heavy atom.